The molecule has 4 nitrogen and oxygen atoms in total. The number of nitrogens with zero attached hydrogens (tertiary/aromatic N) is 1. The normalized spacial score (nSPS) is 22.4. The van der Waals surface area contributed by atoms with E-state index in [1.54, 1.807) is 42.3 Å². The molecule has 3 atom stereocenters. The number of carbonyl (C=O) groups is 1. The molecule has 5 heteroatoms. The van der Waals surface area contributed by atoms with Crippen LogP contribution in [0, 0.1) is 5.92 Å². The van der Waals surface area contributed by atoms with E-state index < -0.39 is 10.8 Å². The number of rotatable bonds is 3. The van der Waals surface area contributed by atoms with Crippen LogP contribution < -0.4 is 0 Å². The van der Waals surface area contributed by atoms with E-state index in [1.807, 2.05) is 0 Å². The standard InChI is InChI=1S/C15H21NO3S/c1-11(17)13-4-3-9-16(10-13)15(18)12-5-7-14(8-6-12)20(2)19/h5-8,11,13,17H,3-4,9-10H2,1-2H3. The Kier molecular flexibility index (Phi) is 4.94. The summed E-state index contributed by atoms with van der Waals surface area (Å²) >= 11 is 0. The van der Waals surface area contributed by atoms with Crippen molar-refractivity contribution in [2.24, 2.45) is 5.92 Å². The predicted molar refractivity (Wildman–Crippen MR) is 79.1 cm³/mol. The lowest BCUT2D eigenvalue weighted by Crippen LogP contribution is -2.42. The highest BCUT2D eigenvalue weighted by Gasteiger charge is 2.26. The lowest BCUT2D eigenvalue weighted by Gasteiger charge is -2.34. The minimum absolute atomic E-state index is 0.0104. The lowest BCUT2D eigenvalue weighted by molar-refractivity contribution is 0.0466. The molecule has 1 aromatic rings. The number of aliphatic hydroxyl groups excluding tert-OH is 1. The highest BCUT2D eigenvalue weighted by atomic mass is 32.2. The Hall–Kier alpha value is -1.20. The second kappa shape index (κ2) is 6.50. The van der Waals surface area contributed by atoms with Gasteiger partial charge < -0.3 is 10.0 Å². The number of amides is 1. The second-order valence-corrected chi connectivity index (χ2v) is 6.75. The van der Waals surface area contributed by atoms with Crippen molar-refractivity contribution >= 4 is 16.7 Å². The smallest absolute Gasteiger partial charge is 0.253 e. The fourth-order valence-corrected chi connectivity index (χ4v) is 3.08. The average Bonchev–Trinajstić information content (AvgIpc) is 2.46. The van der Waals surface area contributed by atoms with E-state index >= 15 is 0 Å². The summed E-state index contributed by atoms with van der Waals surface area (Å²) in [5.41, 5.74) is 0.616. The van der Waals surface area contributed by atoms with Crippen LogP contribution >= 0.6 is 0 Å². The van der Waals surface area contributed by atoms with Crippen molar-refractivity contribution in [2.45, 2.75) is 30.8 Å². The number of hydrogen-bond acceptors (Lipinski definition) is 3. The van der Waals surface area contributed by atoms with Crippen LogP contribution in [0.1, 0.15) is 30.1 Å². The van der Waals surface area contributed by atoms with E-state index in [4.69, 9.17) is 0 Å². The zero-order chi connectivity index (χ0) is 14.7. The summed E-state index contributed by atoms with van der Waals surface area (Å²) in [5, 5.41) is 9.67. The molecule has 2 rings (SSSR count). The molecule has 1 aromatic carbocycles. The van der Waals surface area contributed by atoms with Gasteiger partial charge in [-0.05, 0) is 44.0 Å². The molecule has 1 amide bonds. The highest BCUT2D eigenvalue weighted by Crippen LogP contribution is 2.21. The molecule has 1 heterocycles. The first-order valence-corrected chi connectivity index (χ1v) is 8.45. The van der Waals surface area contributed by atoms with E-state index in [-0.39, 0.29) is 17.9 Å². The molecular weight excluding hydrogens is 274 g/mol. The molecule has 110 valence electrons. The van der Waals surface area contributed by atoms with Crippen molar-refractivity contribution < 1.29 is 14.1 Å². The second-order valence-electron chi connectivity index (χ2n) is 5.37. The van der Waals surface area contributed by atoms with Gasteiger partial charge in [-0.25, -0.2) is 0 Å². The molecule has 1 N–H and O–H groups in total. The summed E-state index contributed by atoms with van der Waals surface area (Å²) in [7, 11) is -1.03. The Labute approximate surface area is 122 Å². The van der Waals surface area contributed by atoms with E-state index in [9.17, 15) is 14.1 Å². The van der Waals surface area contributed by atoms with Crippen LogP contribution in [0.5, 0.6) is 0 Å². The van der Waals surface area contributed by atoms with Crippen LogP contribution in [-0.4, -0.2) is 45.6 Å². The monoisotopic (exact) mass is 295 g/mol. The van der Waals surface area contributed by atoms with Crippen molar-refractivity contribution in [3.8, 4) is 0 Å². The van der Waals surface area contributed by atoms with Gasteiger partial charge in [0, 0.05) is 46.5 Å². The molecular formula is C15H21NO3S. The molecule has 1 aliphatic rings. The van der Waals surface area contributed by atoms with Crippen LogP contribution in [0.4, 0.5) is 0 Å². The minimum atomic E-state index is -1.03. The lowest BCUT2D eigenvalue weighted by atomic mass is 9.93. The third-order valence-electron chi connectivity index (χ3n) is 3.86. The van der Waals surface area contributed by atoms with Crippen LogP contribution in [-0.2, 0) is 10.8 Å². The zero-order valence-corrected chi connectivity index (χ0v) is 12.7. The van der Waals surface area contributed by atoms with Crippen molar-refractivity contribution in [3.05, 3.63) is 29.8 Å². The Morgan fingerprint density at radius 3 is 2.60 bits per heavy atom. The summed E-state index contributed by atoms with van der Waals surface area (Å²) in [4.78, 5) is 14.9. The first kappa shape index (κ1) is 15.2. The molecule has 0 aromatic heterocycles. The predicted octanol–water partition coefficient (Wildman–Crippen LogP) is 1.66. The van der Waals surface area contributed by atoms with Crippen LogP contribution in [0.25, 0.3) is 0 Å². The highest BCUT2D eigenvalue weighted by molar-refractivity contribution is 7.84. The van der Waals surface area contributed by atoms with Gasteiger partial charge >= 0.3 is 0 Å². The topological polar surface area (TPSA) is 57.6 Å². The maximum atomic E-state index is 12.4. The number of hydrogen-bond donors (Lipinski definition) is 1. The van der Waals surface area contributed by atoms with Gasteiger partial charge in [0.15, 0.2) is 0 Å². The number of aliphatic hydroxyl groups is 1. The number of likely N-dealkylation sites (tertiary alicyclic amines) is 1. The summed E-state index contributed by atoms with van der Waals surface area (Å²) in [6.45, 7) is 3.13. The molecule has 0 bridgehead atoms. The van der Waals surface area contributed by atoms with Crippen LogP contribution in [0.2, 0.25) is 0 Å². The molecule has 0 saturated carbocycles. The summed E-state index contributed by atoms with van der Waals surface area (Å²) in [6.07, 6.45) is 3.14. The zero-order valence-electron chi connectivity index (χ0n) is 11.9. The third-order valence-corrected chi connectivity index (χ3v) is 4.80. The Morgan fingerprint density at radius 1 is 1.40 bits per heavy atom. The van der Waals surface area contributed by atoms with Gasteiger partial charge in [-0.3, -0.25) is 9.00 Å². The fourth-order valence-electron chi connectivity index (χ4n) is 2.56. The molecule has 1 fully saturated rings. The molecule has 0 aliphatic carbocycles. The van der Waals surface area contributed by atoms with Gasteiger partial charge in [-0.1, -0.05) is 0 Å². The van der Waals surface area contributed by atoms with E-state index in [0.29, 0.717) is 12.1 Å². The molecule has 0 radical (unpaired) electrons. The quantitative estimate of drug-likeness (QED) is 0.922. The van der Waals surface area contributed by atoms with Crippen molar-refractivity contribution in [2.75, 3.05) is 19.3 Å². The molecule has 20 heavy (non-hydrogen) atoms. The van der Waals surface area contributed by atoms with E-state index in [0.717, 1.165) is 24.3 Å². The maximum Gasteiger partial charge on any atom is 0.253 e. The van der Waals surface area contributed by atoms with Crippen molar-refractivity contribution in [3.63, 3.8) is 0 Å². The van der Waals surface area contributed by atoms with Gasteiger partial charge in [-0.2, -0.15) is 0 Å². The third kappa shape index (κ3) is 3.46. The molecule has 3 unspecified atom stereocenters. The van der Waals surface area contributed by atoms with Crippen LogP contribution in [0.3, 0.4) is 0 Å². The maximum absolute atomic E-state index is 12.4. The summed E-state index contributed by atoms with van der Waals surface area (Å²) in [6, 6.07) is 6.93. The molecule has 0 spiro atoms. The summed E-state index contributed by atoms with van der Waals surface area (Å²) < 4.78 is 11.3. The molecule has 1 saturated heterocycles. The van der Waals surface area contributed by atoms with Gasteiger partial charge in [0.05, 0.1) is 6.10 Å². The number of piperidine rings is 1. The van der Waals surface area contributed by atoms with E-state index in [2.05, 4.69) is 0 Å². The van der Waals surface area contributed by atoms with E-state index in [1.165, 1.54) is 0 Å². The van der Waals surface area contributed by atoms with Crippen molar-refractivity contribution in [1.29, 1.82) is 0 Å². The number of carbonyl (C=O) groups excluding carboxylic acids is 1. The average molecular weight is 295 g/mol. The van der Waals surface area contributed by atoms with Crippen LogP contribution in [0.15, 0.2) is 29.2 Å². The Bertz CT molecular complexity index is 498. The largest absolute Gasteiger partial charge is 0.393 e. The summed E-state index contributed by atoms with van der Waals surface area (Å²) in [5.74, 6) is 0.152. The van der Waals surface area contributed by atoms with Gasteiger partial charge in [0.1, 0.15) is 0 Å². The first-order chi connectivity index (χ1) is 9.49. The Balaban J connectivity index is 2.08. The van der Waals surface area contributed by atoms with Gasteiger partial charge in [0.25, 0.3) is 5.91 Å². The van der Waals surface area contributed by atoms with Gasteiger partial charge in [-0.15, -0.1) is 0 Å². The van der Waals surface area contributed by atoms with Crippen molar-refractivity contribution in [1.82, 2.24) is 4.90 Å². The SMILES string of the molecule is CC(O)C1CCCN(C(=O)c2ccc(S(C)=O)cc2)C1. The number of benzene rings is 1. The first-order valence-electron chi connectivity index (χ1n) is 6.90. The fraction of sp³-hybridized carbons (Fsp3) is 0.533. The minimum Gasteiger partial charge on any atom is -0.393 e. The Morgan fingerprint density at radius 2 is 2.05 bits per heavy atom. The molecule has 1 aliphatic heterocycles. The van der Waals surface area contributed by atoms with Gasteiger partial charge in [0.2, 0.25) is 0 Å².